The molecule has 3 rings (SSSR count). The van der Waals surface area contributed by atoms with Gasteiger partial charge in [-0.05, 0) is 37.3 Å². The van der Waals surface area contributed by atoms with Gasteiger partial charge in [0.25, 0.3) is 0 Å². The van der Waals surface area contributed by atoms with Gasteiger partial charge in [-0.15, -0.1) is 0 Å². The summed E-state index contributed by atoms with van der Waals surface area (Å²) in [6.07, 6.45) is 7.47. The number of imidazole rings is 1. The Morgan fingerprint density at radius 3 is 3.05 bits per heavy atom. The molecule has 20 heavy (non-hydrogen) atoms. The molecule has 4 heteroatoms. The molecule has 0 aliphatic carbocycles. The smallest absolute Gasteiger partial charge is 0.141 e. The highest BCUT2D eigenvalue weighted by atomic mass is 35.5. The quantitative estimate of drug-likeness (QED) is 0.850. The van der Waals surface area contributed by atoms with E-state index in [-0.39, 0.29) is 0 Å². The molecule has 3 nitrogen and oxygen atoms in total. The van der Waals surface area contributed by atoms with Gasteiger partial charge in [-0.3, -0.25) is 0 Å². The van der Waals surface area contributed by atoms with E-state index in [4.69, 9.17) is 16.3 Å². The Morgan fingerprint density at radius 1 is 1.35 bits per heavy atom. The summed E-state index contributed by atoms with van der Waals surface area (Å²) in [6, 6.07) is 7.86. The van der Waals surface area contributed by atoms with Crippen LogP contribution in [0.5, 0.6) is 0 Å². The number of halogens is 1. The van der Waals surface area contributed by atoms with Crippen LogP contribution in [0, 0.1) is 5.92 Å². The minimum atomic E-state index is 0.672. The van der Waals surface area contributed by atoms with Gasteiger partial charge in [0.2, 0.25) is 0 Å². The van der Waals surface area contributed by atoms with Crippen LogP contribution in [-0.4, -0.2) is 22.8 Å². The lowest BCUT2D eigenvalue weighted by molar-refractivity contribution is 0.0501. The van der Waals surface area contributed by atoms with E-state index >= 15 is 0 Å². The summed E-state index contributed by atoms with van der Waals surface area (Å²) in [4.78, 5) is 4.46. The first kappa shape index (κ1) is 13.7. The van der Waals surface area contributed by atoms with Crippen molar-refractivity contribution in [2.24, 2.45) is 5.92 Å². The van der Waals surface area contributed by atoms with Crippen molar-refractivity contribution in [2.75, 3.05) is 13.2 Å². The van der Waals surface area contributed by atoms with Crippen molar-refractivity contribution in [3.8, 4) is 11.4 Å². The molecule has 1 aromatic heterocycles. The topological polar surface area (TPSA) is 27.1 Å². The molecule has 0 spiro atoms. The molecule has 0 N–H and O–H groups in total. The van der Waals surface area contributed by atoms with Crippen molar-refractivity contribution in [1.29, 1.82) is 0 Å². The second-order valence-electron chi connectivity index (χ2n) is 5.30. The number of benzene rings is 1. The van der Waals surface area contributed by atoms with Crippen LogP contribution in [0.4, 0.5) is 0 Å². The highest BCUT2D eigenvalue weighted by molar-refractivity contribution is 6.33. The largest absolute Gasteiger partial charge is 0.381 e. The number of nitrogens with zero attached hydrogens (tertiary/aromatic N) is 2. The minimum Gasteiger partial charge on any atom is -0.381 e. The molecule has 106 valence electrons. The van der Waals surface area contributed by atoms with Crippen LogP contribution in [0.1, 0.15) is 19.3 Å². The summed E-state index contributed by atoms with van der Waals surface area (Å²) in [6.45, 7) is 2.79. The van der Waals surface area contributed by atoms with Crippen LogP contribution in [0.3, 0.4) is 0 Å². The van der Waals surface area contributed by atoms with E-state index < -0.39 is 0 Å². The van der Waals surface area contributed by atoms with Crippen LogP contribution >= 0.6 is 11.6 Å². The zero-order valence-corrected chi connectivity index (χ0v) is 12.2. The van der Waals surface area contributed by atoms with Crippen LogP contribution in [-0.2, 0) is 11.3 Å². The van der Waals surface area contributed by atoms with E-state index in [1.807, 2.05) is 36.7 Å². The first-order valence-corrected chi connectivity index (χ1v) is 7.56. The highest BCUT2D eigenvalue weighted by Crippen LogP contribution is 2.27. The summed E-state index contributed by atoms with van der Waals surface area (Å²) in [5, 5.41) is 0.751. The average molecular weight is 291 g/mol. The van der Waals surface area contributed by atoms with Gasteiger partial charge in [0.15, 0.2) is 0 Å². The van der Waals surface area contributed by atoms with Gasteiger partial charge in [-0.2, -0.15) is 0 Å². The Morgan fingerprint density at radius 2 is 2.25 bits per heavy atom. The predicted molar refractivity (Wildman–Crippen MR) is 80.8 cm³/mol. The van der Waals surface area contributed by atoms with Crippen LogP contribution in [0.25, 0.3) is 11.4 Å². The standard InChI is InChI=1S/C16H19ClN2O/c17-15-6-2-1-5-14(15)16-18-8-10-19(16)9-7-13-4-3-11-20-12-13/h1-2,5-6,8,10,13H,3-4,7,9,11-12H2. The fraction of sp³-hybridized carbons (Fsp3) is 0.438. The molecular formula is C16H19ClN2O. The number of ether oxygens (including phenoxy) is 1. The molecule has 0 bridgehead atoms. The lowest BCUT2D eigenvalue weighted by Gasteiger charge is -2.22. The summed E-state index contributed by atoms with van der Waals surface area (Å²) >= 11 is 6.26. The van der Waals surface area contributed by atoms with Gasteiger partial charge in [-0.1, -0.05) is 23.7 Å². The van der Waals surface area contributed by atoms with Crippen LogP contribution in [0.2, 0.25) is 5.02 Å². The van der Waals surface area contributed by atoms with E-state index in [2.05, 4.69) is 9.55 Å². The van der Waals surface area contributed by atoms with Crippen molar-refractivity contribution in [2.45, 2.75) is 25.8 Å². The van der Waals surface area contributed by atoms with Crippen LogP contribution < -0.4 is 0 Å². The number of hydrogen-bond donors (Lipinski definition) is 0. The zero-order chi connectivity index (χ0) is 13.8. The van der Waals surface area contributed by atoms with E-state index in [0.717, 1.165) is 42.6 Å². The molecule has 2 heterocycles. The minimum absolute atomic E-state index is 0.672. The second kappa shape index (κ2) is 6.42. The lowest BCUT2D eigenvalue weighted by Crippen LogP contribution is -2.19. The fourth-order valence-corrected chi connectivity index (χ4v) is 2.95. The summed E-state index contributed by atoms with van der Waals surface area (Å²) in [7, 11) is 0. The van der Waals surface area contributed by atoms with E-state index in [1.165, 1.54) is 12.8 Å². The maximum Gasteiger partial charge on any atom is 0.141 e. The highest BCUT2D eigenvalue weighted by Gasteiger charge is 2.15. The van der Waals surface area contributed by atoms with Gasteiger partial charge in [-0.25, -0.2) is 4.98 Å². The molecule has 1 aliphatic heterocycles. The molecule has 0 amide bonds. The molecule has 1 aromatic carbocycles. The van der Waals surface area contributed by atoms with Crippen molar-refractivity contribution in [1.82, 2.24) is 9.55 Å². The second-order valence-corrected chi connectivity index (χ2v) is 5.70. The normalized spacial score (nSPS) is 19.1. The molecule has 2 aromatic rings. The molecule has 1 unspecified atom stereocenters. The fourth-order valence-electron chi connectivity index (χ4n) is 2.73. The maximum absolute atomic E-state index is 6.26. The van der Waals surface area contributed by atoms with E-state index in [9.17, 15) is 0 Å². The molecule has 0 radical (unpaired) electrons. The first-order valence-electron chi connectivity index (χ1n) is 7.18. The summed E-state index contributed by atoms with van der Waals surface area (Å²) in [5.74, 6) is 1.62. The molecule has 1 atom stereocenters. The monoisotopic (exact) mass is 290 g/mol. The first-order chi connectivity index (χ1) is 9.84. The van der Waals surface area contributed by atoms with Crippen molar-refractivity contribution in [3.63, 3.8) is 0 Å². The third-order valence-electron chi connectivity index (χ3n) is 3.86. The zero-order valence-electron chi connectivity index (χ0n) is 11.5. The van der Waals surface area contributed by atoms with E-state index in [0.29, 0.717) is 5.92 Å². The maximum atomic E-state index is 6.26. The molecule has 0 saturated carbocycles. The van der Waals surface area contributed by atoms with Gasteiger partial charge < -0.3 is 9.30 Å². The Balaban J connectivity index is 1.72. The molecule has 1 saturated heterocycles. The number of rotatable bonds is 4. The molecule has 1 fully saturated rings. The molecule has 1 aliphatic rings. The van der Waals surface area contributed by atoms with Gasteiger partial charge in [0.1, 0.15) is 5.82 Å². The van der Waals surface area contributed by atoms with Gasteiger partial charge in [0, 0.05) is 37.7 Å². The number of aromatic nitrogens is 2. The van der Waals surface area contributed by atoms with Crippen molar-refractivity contribution < 1.29 is 4.74 Å². The van der Waals surface area contributed by atoms with Gasteiger partial charge >= 0.3 is 0 Å². The van der Waals surface area contributed by atoms with Crippen molar-refractivity contribution in [3.05, 3.63) is 41.7 Å². The lowest BCUT2D eigenvalue weighted by atomic mass is 9.99. The number of aryl methyl sites for hydroxylation is 1. The Kier molecular flexibility index (Phi) is 4.38. The molecular weight excluding hydrogens is 272 g/mol. The summed E-state index contributed by atoms with van der Waals surface area (Å²) in [5.41, 5.74) is 0.999. The predicted octanol–water partition coefficient (Wildman–Crippen LogP) is 4.02. The number of hydrogen-bond acceptors (Lipinski definition) is 2. The third-order valence-corrected chi connectivity index (χ3v) is 4.19. The average Bonchev–Trinajstić information content (AvgIpc) is 2.95. The van der Waals surface area contributed by atoms with Crippen molar-refractivity contribution >= 4 is 11.6 Å². The summed E-state index contributed by atoms with van der Waals surface area (Å²) < 4.78 is 7.73. The van der Waals surface area contributed by atoms with E-state index in [1.54, 1.807) is 0 Å². The Labute approximate surface area is 124 Å². The van der Waals surface area contributed by atoms with Crippen LogP contribution in [0.15, 0.2) is 36.7 Å². The Bertz CT molecular complexity index is 561. The van der Waals surface area contributed by atoms with Gasteiger partial charge in [0.05, 0.1) is 5.02 Å². The Hall–Kier alpha value is -1.32. The SMILES string of the molecule is Clc1ccccc1-c1nccn1CCC1CCCOC1. The third kappa shape index (κ3) is 3.05.